The maximum atomic E-state index is 12.7. The molecule has 0 bridgehead atoms. The van der Waals surface area contributed by atoms with Gasteiger partial charge >= 0.3 is 0 Å². The monoisotopic (exact) mass is 468 g/mol. The molecule has 9 heteroatoms. The molecule has 31 heavy (non-hydrogen) atoms. The standard InChI is InChI=1S/C22H29ClN2O5S/c1-16(2)29-13-7-12-24-22(26)15-30-21-11-10-19(14-20(21)23)31(27,28)25-17(3)18-8-5-4-6-9-18/h4-6,8-11,14,16-17,25H,7,12-13,15H2,1-3H3,(H,24,26)/t17-/m0/s1. The number of hydrogen-bond acceptors (Lipinski definition) is 5. The Morgan fingerprint density at radius 3 is 2.45 bits per heavy atom. The summed E-state index contributed by atoms with van der Waals surface area (Å²) in [6, 6.07) is 13.0. The number of rotatable bonds is 12. The zero-order valence-corrected chi connectivity index (χ0v) is 19.5. The maximum Gasteiger partial charge on any atom is 0.257 e. The van der Waals surface area contributed by atoms with Gasteiger partial charge in [0.1, 0.15) is 5.75 Å². The predicted octanol–water partition coefficient (Wildman–Crippen LogP) is 3.69. The van der Waals surface area contributed by atoms with E-state index in [0.29, 0.717) is 19.6 Å². The summed E-state index contributed by atoms with van der Waals surface area (Å²) in [5.74, 6) is -0.0642. The molecule has 0 aliphatic heterocycles. The first-order valence-electron chi connectivity index (χ1n) is 10.1. The summed E-state index contributed by atoms with van der Waals surface area (Å²) in [7, 11) is -3.78. The molecule has 0 saturated carbocycles. The number of carbonyl (C=O) groups excluding carboxylic acids is 1. The van der Waals surface area contributed by atoms with E-state index in [1.54, 1.807) is 6.92 Å². The van der Waals surface area contributed by atoms with Crippen LogP contribution in [-0.4, -0.2) is 40.2 Å². The molecule has 7 nitrogen and oxygen atoms in total. The van der Waals surface area contributed by atoms with E-state index in [4.69, 9.17) is 21.1 Å². The molecule has 0 aliphatic rings. The first-order valence-corrected chi connectivity index (χ1v) is 11.9. The van der Waals surface area contributed by atoms with E-state index in [9.17, 15) is 13.2 Å². The summed E-state index contributed by atoms with van der Waals surface area (Å²) in [5, 5.41) is 2.83. The highest BCUT2D eigenvalue weighted by Gasteiger charge is 2.20. The molecule has 1 atom stereocenters. The van der Waals surface area contributed by atoms with Crippen LogP contribution in [0.15, 0.2) is 53.4 Å². The van der Waals surface area contributed by atoms with Crippen LogP contribution < -0.4 is 14.8 Å². The summed E-state index contributed by atoms with van der Waals surface area (Å²) in [4.78, 5) is 11.9. The lowest BCUT2D eigenvalue weighted by Gasteiger charge is -2.15. The van der Waals surface area contributed by atoms with Gasteiger partial charge in [-0.3, -0.25) is 4.79 Å². The van der Waals surface area contributed by atoms with Crippen LogP contribution in [0.2, 0.25) is 5.02 Å². The lowest BCUT2D eigenvalue weighted by molar-refractivity contribution is -0.123. The Morgan fingerprint density at radius 2 is 1.81 bits per heavy atom. The number of benzene rings is 2. The lowest BCUT2D eigenvalue weighted by Crippen LogP contribution is -2.30. The topological polar surface area (TPSA) is 93.7 Å². The quantitative estimate of drug-likeness (QED) is 0.463. The number of nitrogens with one attached hydrogen (secondary N) is 2. The molecule has 2 aromatic carbocycles. The molecule has 0 saturated heterocycles. The molecule has 0 aromatic heterocycles. The second kappa shape index (κ2) is 12.0. The molecule has 0 heterocycles. The SMILES string of the molecule is CC(C)OCCCNC(=O)COc1ccc(S(=O)(=O)N[C@@H](C)c2ccccc2)cc1Cl. The van der Waals surface area contributed by atoms with Crippen LogP contribution in [0.25, 0.3) is 0 Å². The van der Waals surface area contributed by atoms with Crippen molar-refractivity contribution in [3.63, 3.8) is 0 Å². The summed E-state index contributed by atoms with van der Waals surface area (Å²) < 4.78 is 38.8. The van der Waals surface area contributed by atoms with Gasteiger partial charge in [-0.05, 0) is 51.0 Å². The molecule has 0 unspecified atom stereocenters. The second-order valence-corrected chi connectivity index (χ2v) is 9.38. The first kappa shape index (κ1) is 25.1. The number of ether oxygens (including phenoxy) is 2. The third-order valence-corrected chi connectivity index (χ3v) is 6.13. The number of halogens is 1. The lowest BCUT2D eigenvalue weighted by atomic mass is 10.1. The number of amides is 1. The van der Waals surface area contributed by atoms with Gasteiger partial charge in [-0.1, -0.05) is 41.9 Å². The fourth-order valence-corrected chi connectivity index (χ4v) is 4.25. The zero-order valence-electron chi connectivity index (χ0n) is 17.9. The van der Waals surface area contributed by atoms with Gasteiger partial charge in [0.2, 0.25) is 10.0 Å². The van der Waals surface area contributed by atoms with Gasteiger partial charge in [0, 0.05) is 19.2 Å². The Kier molecular flexibility index (Phi) is 9.77. The Balaban J connectivity index is 1.88. The Hall–Kier alpha value is -2.13. The minimum atomic E-state index is -3.78. The van der Waals surface area contributed by atoms with E-state index in [-0.39, 0.29) is 34.3 Å². The molecule has 0 fully saturated rings. The predicted molar refractivity (Wildman–Crippen MR) is 121 cm³/mol. The van der Waals surface area contributed by atoms with E-state index < -0.39 is 16.1 Å². The van der Waals surface area contributed by atoms with Gasteiger partial charge in [0.15, 0.2) is 6.61 Å². The second-order valence-electron chi connectivity index (χ2n) is 7.26. The molecule has 2 N–H and O–H groups in total. The molecule has 2 aromatic rings. The van der Waals surface area contributed by atoms with Crippen LogP contribution in [-0.2, 0) is 19.6 Å². The van der Waals surface area contributed by atoms with Gasteiger partial charge in [-0.2, -0.15) is 0 Å². The van der Waals surface area contributed by atoms with Crippen molar-refractivity contribution < 1.29 is 22.7 Å². The van der Waals surface area contributed by atoms with Crippen molar-refractivity contribution in [2.75, 3.05) is 19.8 Å². The maximum absolute atomic E-state index is 12.7. The van der Waals surface area contributed by atoms with Crippen molar-refractivity contribution in [2.45, 2.75) is 44.2 Å². The van der Waals surface area contributed by atoms with Crippen LogP contribution in [0.3, 0.4) is 0 Å². The fourth-order valence-electron chi connectivity index (χ4n) is 2.69. The van der Waals surface area contributed by atoms with Crippen molar-refractivity contribution in [3.05, 3.63) is 59.1 Å². The molecular formula is C22H29ClN2O5S. The van der Waals surface area contributed by atoms with Crippen LogP contribution in [0.1, 0.15) is 38.8 Å². The number of sulfonamides is 1. The van der Waals surface area contributed by atoms with Gasteiger partial charge in [0.05, 0.1) is 16.0 Å². The van der Waals surface area contributed by atoms with Gasteiger partial charge in [-0.15, -0.1) is 0 Å². The highest BCUT2D eigenvalue weighted by Crippen LogP contribution is 2.28. The van der Waals surface area contributed by atoms with Gasteiger partial charge in [-0.25, -0.2) is 13.1 Å². The molecule has 0 aliphatic carbocycles. The van der Waals surface area contributed by atoms with Crippen molar-refractivity contribution in [2.24, 2.45) is 0 Å². The van der Waals surface area contributed by atoms with Crippen LogP contribution >= 0.6 is 11.6 Å². The van der Waals surface area contributed by atoms with Crippen molar-refractivity contribution in [1.82, 2.24) is 10.0 Å². The van der Waals surface area contributed by atoms with E-state index in [2.05, 4.69) is 10.0 Å². The number of carbonyl (C=O) groups is 1. The minimum Gasteiger partial charge on any atom is -0.482 e. The highest BCUT2D eigenvalue weighted by atomic mass is 35.5. The molecule has 2 rings (SSSR count). The van der Waals surface area contributed by atoms with Crippen molar-refractivity contribution >= 4 is 27.5 Å². The van der Waals surface area contributed by atoms with Gasteiger partial charge < -0.3 is 14.8 Å². The van der Waals surface area contributed by atoms with E-state index in [1.807, 2.05) is 44.2 Å². The minimum absolute atomic E-state index is 0.0160. The Labute approximate surface area is 189 Å². The third-order valence-electron chi connectivity index (χ3n) is 4.30. The summed E-state index contributed by atoms with van der Waals surface area (Å²) >= 11 is 6.18. The molecule has 170 valence electrons. The van der Waals surface area contributed by atoms with E-state index >= 15 is 0 Å². The normalized spacial score (nSPS) is 12.5. The molecule has 1 amide bonds. The van der Waals surface area contributed by atoms with E-state index in [1.165, 1.54) is 18.2 Å². The smallest absolute Gasteiger partial charge is 0.257 e. The molecule has 0 radical (unpaired) electrons. The highest BCUT2D eigenvalue weighted by molar-refractivity contribution is 7.89. The van der Waals surface area contributed by atoms with Crippen molar-refractivity contribution in [3.8, 4) is 5.75 Å². The van der Waals surface area contributed by atoms with Crippen LogP contribution in [0, 0.1) is 0 Å². The average molecular weight is 469 g/mol. The number of hydrogen-bond donors (Lipinski definition) is 2. The molecular weight excluding hydrogens is 440 g/mol. The average Bonchev–Trinajstić information content (AvgIpc) is 2.72. The van der Waals surface area contributed by atoms with Gasteiger partial charge in [0.25, 0.3) is 5.91 Å². The zero-order chi connectivity index (χ0) is 22.9. The third kappa shape index (κ3) is 8.49. The van der Waals surface area contributed by atoms with E-state index in [0.717, 1.165) is 5.56 Å². The van der Waals surface area contributed by atoms with Crippen LogP contribution in [0.5, 0.6) is 5.75 Å². The summed E-state index contributed by atoms with van der Waals surface area (Å²) in [6.45, 7) is 6.49. The first-order chi connectivity index (χ1) is 14.7. The fraction of sp³-hybridized carbons (Fsp3) is 0.409. The summed E-state index contributed by atoms with van der Waals surface area (Å²) in [6.07, 6.45) is 0.857. The Morgan fingerprint density at radius 1 is 1.10 bits per heavy atom. The van der Waals surface area contributed by atoms with Crippen LogP contribution in [0.4, 0.5) is 0 Å². The largest absolute Gasteiger partial charge is 0.482 e. The van der Waals surface area contributed by atoms with Crippen molar-refractivity contribution in [1.29, 1.82) is 0 Å². The Bertz CT molecular complexity index is 952. The summed E-state index contributed by atoms with van der Waals surface area (Å²) in [5.41, 5.74) is 0.846. The molecule has 0 spiro atoms.